The van der Waals surface area contributed by atoms with Gasteiger partial charge in [0.1, 0.15) is 0 Å². The highest BCUT2D eigenvalue weighted by Gasteiger charge is 2.26. The van der Waals surface area contributed by atoms with Gasteiger partial charge in [-0.2, -0.15) is 0 Å². The summed E-state index contributed by atoms with van der Waals surface area (Å²) in [5, 5.41) is 30.5. The first-order valence-corrected chi connectivity index (χ1v) is 5.84. The van der Waals surface area contributed by atoms with Crippen LogP contribution in [0, 0.1) is 0 Å². The Hall–Kier alpha value is -0.980. The molecule has 0 aromatic heterocycles. The predicted octanol–water partition coefficient (Wildman–Crippen LogP) is -0.362. The van der Waals surface area contributed by atoms with Gasteiger partial charge in [-0.05, 0) is 11.1 Å². The molecule has 4 N–H and O–H groups in total. The molecule has 0 fully saturated rings. The summed E-state index contributed by atoms with van der Waals surface area (Å²) in [7, 11) is 1.64. The molecule has 5 nitrogen and oxygen atoms in total. The number of benzene rings is 1. The number of ether oxygens (including phenoxy) is 1. The minimum absolute atomic E-state index is 0.322. The van der Waals surface area contributed by atoms with Gasteiger partial charge >= 0.3 is 0 Å². The maximum atomic E-state index is 9.19. The van der Waals surface area contributed by atoms with Crippen LogP contribution < -0.4 is 5.32 Å². The van der Waals surface area contributed by atoms with Gasteiger partial charge in [0.25, 0.3) is 0 Å². The van der Waals surface area contributed by atoms with Crippen LogP contribution in [0.2, 0.25) is 0 Å². The molecule has 102 valence electrons. The summed E-state index contributed by atoms with van der Waals surface area (Å²) in [6.07, 6.45) is 0. The average Bonchev–Trinajstić information content (AvgIpc) is 2.42. The topological polar surface area (TPSA) is 82.0 Å². The zero-order valence-electron chi connectivity index (χ0n) is 10.6. The lowest BCUT2D eigenvalue weighted by atomic mass is 10.0. The number of aliphatic hydroxyl groups excluding tert-OH is 3. The van der Waals surface area contributed by atoms with Crippen LogP contribution >= 0.6 is 0 Å². The lowest BCUT2D eigenvalue weighted by molar-refractivity contribution is 0.0413. The molecule has 0 aliphatic carbocycles. The predicted molar refractivity (Wildman–Crippen MR) is 68.0 cm³/mol. The molecular weight excluding hydrogens is 234 g/mol. The maximum absolute atomic E-state index is 9.19. The van der Waals surface area contributed by atoms with Crippen LogP contribution in [-0.2, 0) is 17.9 Å². The third kappa shape index (κ3) is 4.04. The zero-order valence-corrected chi connectivity index (χ0v) is 10.6. The van der Waals surface area contributed by atoms with E-state index in [2.05, 4.69) is 5.32 Å². The highest BCUT2D eigenvalue weighted by atomic mass is 16.5. The van der Waals surface area contributed by atoms with Crippen LogP contribution in [0.1, 0.15) is 11.1 Å². The number of rotatable bonds is 8. The second-order valence-corrected chi connectivity index (χ2v) is 4.36. The maximum Gasteiger partial charge on any atom is 0.0884 e. The van der Waals surface area contributed by atoms with Gasteiger partial charge < -0.3 is 25.4 Å². The van der Waals surface area contributed by atoms with E-state index in [9.17, 15) is 15.3 Å². The molecule has 0 bridgehead atoms. The van der Waals surface area contributed by atoms with E-state index in [1.807, 2.05) is 24.3 Å². The van der Waals surface area contributed by atoms with Crippen molar-refractivity contribution in [2.45, 2.75) is 18.7 Å². The highest BCUT2D eigenvalue weighted by molar-refractivity contribution is 5.23. The Bertz CT molecular complexity index is 344. The molecule has 0 saturated heterocycles. The van der Waals surface area contributed by atoms with Gasteiger partial charge in [-0.25, -0.2) is 0 Å². The van der Waals surface area contributed by atoms with Crippen molar-refractivity contribution in [3.05, 3.63) is 35.4 Å². The zero-order chi connectivity index (χ0) is 13.4. The van der Waals surface area contributed by atoms with Crippen molar-refractivity contribution >= 4 is 0 Å². The van der Waals surface area contributed by atoms with Gasteiger partial charge in [0.15, 0.2) is 0 Å². The van der Waals surface area contributed by atoms with Crippen molar-refractivity contribution in [3.8, 4) is 0 Å². The summed E-state index contributed by atoms with van der Waals surface area (Å²) in [5.74, 6) is 0. The summed E-state index contributed by atoms with van der Waals surface area (Å²) in [4.78, 5) is 0. The van der Waals surface area contributed by atoms with Crippen LogP contribution in [0.15, 0.2) is 24.3 Å². The Kier molecular flexibility index (Phi) is 6.24. The number of hydrogen-bond donors (Lipinski definition) is 4. The third-order valence-corrected chi connectivity index (χ3v) is 2.88. The van der Waals surface area contributed by atoms with E-state index in [-0.39, 0.29) is 19.8 Å². The summed E-state index contributed by atoms with van der Waals surface area (Å²) < 4.78 is 5.05. The van der Waals surface area contributed by atoms with E-state index in [0.717, 1.165) is 11.1 Å². The molecular formula is C13H21NO4. The first-order chi connectivity index (χ1) is 8.69. The van der Waals surface area contributed by atoms with E-state index in [1.54, 1.807) is 7.11 Å². The molecule has 5 heteroatoms. The third-order valence-electron chi connectivity index (χ3n) is 2.88. The van der Waals surface area contributed by atoms with Crippen molar-refractivity contribution < 1.29 is 20.1 Å². The Morgan fingerprint density at radius 3 is 2.28 bits per heavy atom. The monoisotopic (exact) mass is 255 g/mol. The number of methoxy groups -OCH3 is 1. The van der Waals surface area contributed by atoms with Crippen molar-refractivity contribution in [1.29, 1.82) is 0 Å². The van der Waals surface area contributed by atoms with E-state index >= 15 is 0 Å². The fraction of sp³-hybridized carbons (Fsp3) is 0.538. The van der Waals surface area contributed by atoms with Crippen molar-refractivity contribution in [1.82, 2.24) is 5.32 Å². The second-order valence-electron chi connectivity index (χ2n) is 4.36. The van der Waals surface area contributed by atoms with E-state index in [0.29, 0.717) is 13.2 Å². The molecule has 1 aromatic carbocycles. The lowest BCUT2D eigenvalue weighted by Crippen LogP contribution is -2.54. The number of aliphatic hydroxyl groups is 3. The first kappa shape index (κ1) is 15.1. The standard InChI is InChI=1S/C13H21NO4/c1-18-7-12-4-2-3-11(5-12)6-14-13(8-15,9-16)10-17/h2-5,14-17H,6-10H2,1H3. The summed E-state index contributed by atoms with van der Waals surface area (Å²) in [6, 6.07) is 7.80. The Labute approximate surface area is 107 Å². The molecule has 0 saturated carbocycles. The van der Waals surface area contributed by atoms with E-state index < -0.39 is 5.54 Å². The summed E-state index contributed by atoms with van der Waals surface area (Å²) in [5.41, 5.74) is 1.01. The van der Waals surface area contributed by atoms with Gasteiger partial charge in [-0.15, -0.1) is 0 Å². The molecule has 0 aliphatic heterocycles. The molecule has 1 aromatic rings. The normalized spacial score (nSPS) is 11.8. The van der Waals surface area contributed by atoms with Gasteiger partial charge in [-0.3, -0.25) is 0 Å². The van der Waals surface area contributed by atoms with E-state index in [4.69, 9.17) is 4.74 Å². The molecule has 1 rings (SSSR count). The number of nitrogens with one attached hydrogen (secondary N) is 1. The fourth-order valence-corrected chi connectivity index (χ4v) is 1.60. The Morgan fingerprint density at radius 1 is 1.11 bits per heavy atom. The first-order valence-electron chi connectivity index (χ1n) is 5.84. The molecule has 0 spiro atoms. The van der Waals surface area contributed by atoms with Crippen molar-refractivity contribution in [3.63, 3.8) is 0 Å². The van der Waals surface area contributed by atoms with Crippen LogP contribution in [0.4, 0.5) is 0 Å². The van der Waals surface area contributed by atoms with Gasteiger partial charge in [0.2, 0.25) is 0 Å². The molecule has 0 heterocycles. The molecule has 18 heavy (non-hydrogen) atoms. The SMILES string of the molecule is COCc1cccc(CNC(CO)(CO)CO)c1. The fourth-order valence-electron chi connectivity index (χ4n) is 1.60. The van der Waals surface area contributed by atoms with Crippen LogP contribution in [0.5, 0.6) is 0 Å². The molecule has 0 unspecified atom stereocenters. The van der Waals surface area contributed by atoms with Crippen LogP contribution in [0.3, 0.4) is 0 Å². The Balaban J connectivity index is 2.64. The average molecular weight is 255 g/mol. The smallest absolute Gasteiger partial charge is 0.0884 e. The molecule has 0 radical (unpaired) electrons. The van der Waals surface area contributed by atoms with E-state index in [1.165, 1.54) is 0 Å². The molecule has 0 aliphatic rings. The van der Waals surface area contributed by atoms with Gasteiger partial charge in [-0.1, -0.05) is 24.3 Å². The van der Waals surface area contributed by atoms with Crippen molar-refractivity contribution in [2.75, 3.05) is 26.9 Å². The summed E-state index contributed by atoms with van der Waals surface area (Å²) in [6.45, 7) is 0.0332. The minimum atomic E-state index is -1.04. The van der Waals surface area contributed by atoms with Crippen molar-refractivity contribution in [2.24, 2.45) is 0 Å². The quantitative estimate of drug-likeness (QED) is 0.510. The molecule has 0 atom stereocenters. The second kappa shape index (κ2) is 7.45. The summed E-state index contributed by atoms with van der Waals surface area (Å²) >= 11 is 0. The minimum Gasteiger partial charge on any atom is -0.394 e. The number of hydrogen-bond acceptors (Lipinski definition) is 5. The van der Waals surface area contributed by atoms with Crippen LogP contribution in [-0.4, -0.2) is 47.8 Å². The lowest BCUT2D eigenvalue weighted by Gasteiger charge is -2.28. The molecule has 0 amide bonds. The Morgan fingerprint density at radius 2 is 1.72 bits per heavy atom. The van der Waals surface area contributed by atoms with Gasteiger partial charge in [0.05, 0.1) is 32.0 Å². The highest BCUT2D eigenvalue weighted by Crippen LogP contribution is 2.09. The van der Waals surface area contributed by atoms with Crippen LogP contribution in [0.25, 0.3) is 0 Å². The largest absolute Gasteiger partial charge is 0.394 e. The van der Waals surface area contributed by atoms with Gasteiger partial charge in [0, 0.05) is 13.7 Å².